The van der Waals surface area contributed by atoms with Crippen molar-refractivity contribution in [3.63, 3.8) is 0 Å². The van der Waals surface area contributed by atoms with Crippen LogP contribution in [0, 0.1) is 11.3 Å². The topological polar surface area (TPSA) is 73.9 Å². The Balaban J connectivity index is 2.65. The standard InChI is InChI=1S/C10H14N4/c1-13-10-7-8(3-4-9(10)12)14-6-2-5-11/h3-4,7,13-14H,2,6,12H2,1H3. The Morgan fingerprint density at radius 1 is 1.50 bits per heavy atom. The van der Waals surface area contributed by atoms with Gasteiger partial charge in [-0.25, -0.2) is 0 Å². The number of nitrogen functional groups attached to an aromatic ring is 1. The van der Waals surface area contributed by atoms with Crippen molar-refractivity contribution in [2.24, 2.45) is 0 Å². The first-order chi connectivity index (χ1) is 6.77. The third-order valence-electron chi connectivity index (χ3n) is 1.89. The van der Waals surface area contributed by atoms with Crippen molar-refractivity contribution < 1.29 is 0 Å². The lowest BCUT2D eigenvalue weighted by atomic mass is 10.2. The molecule has 0 fully saturated rings. The van der Waals surface area contributed by atoms with Crippen LogP contribution in [-0.2, 0) is 0 Å². The van der Waals surface area contributed by atoms with Gasteiger partial charge in [-0.2, -0.15) is 5.26 Å². The van der Waals surface area contributed by atoms with E-state index in [4.69, 9.17) is 11.0 Å². The molecule has 0 unspecified atom stereocenters. The summed E-state index contributed by atoms with van der Waals surface area (Å²) in [7, 11) is 1.82. The van der Waals surface area contributed by atoms with Gasteiger partial charge in [0, 0.05) is 19.3 Å². The molecule has 0 aliphatic heterocycles. The molecular formula is C10H14N4. The molecule has 1 aromatic rings. The first-order valence-electron chi connectivity index (χ1n) is 4.46. The highest BCUT2D eigenvalue weighted by atomic mass is 14.9. The maximum Gasteiger partial charge on any atom is 0.0640 e. The summed E-state index contributed by atoms with van der Waals surface area (Å²) in [4.78, 5) is 0. The van der Waals surface area contributed by atoms with E-state index in [2.05, 4.69) is 16.7 Å². The molecule has 1 aromatic carbocycles. The minimum absolute atomic E-state index is 0.499. The molecule has 74 valence electrons. The molecule has 14 heavy (non-hydrogen) atoms. The first-order valence-corrected chi connectivity index (χ1v) is 4.46. The van der Waals surface area contributed by atoms with Gasteiger partial charge in [-0.15, -0.1) is 0 Å². The van der Waals surface area contributed by atoms with Crippen molar-refractivity contribution in [2.45, 2.75) is 6.42 Å². The second-order valence-corrected chi connectivity index (χ2v) is 2.89. The van der Waals surface area contributed by atoms with Crippen LogP contribution in [0.25, 0.3) is 0 Å². The van der Waals surface area contributed by atoms with E-state index in [0.717, 1.165) is 17.1 Å². The van der Waals surface area contributed by atoms with Gasteiger partial charge in [0.1, 0.15) is 0 Å². The monoisotopic (exact) mass is 190 g/mol. The number of nitrogens with one attached hydrogen (secondary N) is 2. The molecule has 0 bridgehead atoms. The van der Waals surface area contributed by atoms with Crippen LogP contribution in [0.3, 0.4) is 0 Å². The summed E-state index contributed by atoms with van der Waals surface area (Å²) in [6.07, 6.45) is 0.499. The van der Waals surface area contributed by atoms with Gasteiger partial charge in [0.15, 0.2) is 0 Å². The molecule has 0 atom stereocenters. The van der Waals surface area contributed by atoms with E-state index in [9.17, 15) is 0 Å². The van der Waals surface area contributed by atoms with Gasteiger partial charge in [-0.3, -0.25) is 0 Å². The van der Waals surface area contributed by atoms with E-state index < -0.39 is 0 Å². The van der Waals surface area contributed by atoms with Crippen LogP contribution in [0.5, 0.6) is 0 Å². The molecule has 4 nitrogen and oxygen atoms in total. The van der Waals surface area contributed by atoms with E-state index in [1.54, 1.807) is 0 Å². The SMILES string of the molecule is CNc1cc(NCCC#N)ccc1N. The maximum absolute atomic E-state index is 8.37. The van der Waals surface area contributed by atoms with Crippen molar-refractivity contribution in [1.82, 2.24) is 0 Å². The quantitative estimate of drug-likeness (QED) is 0.498. The molecule has 0 heterocycles. The summed E-state index contributed by atoms with van der Waals surface area (Å²) in [5, 5.41) is 14.5. The van der Waals surface area contributed by atoms with Crippen LogP contribution in [0.15, 0.2) is 18.2 Å². The fourth-order valence-corrected chi connectivity index (χ4v) is 1.15. The molecule has 0 radical (unpaired) electrons. The number of hydrogen-bond donors (Lipinski definition) is 3. The predicted molar refractivity (Wildman–Crippen MR) is 59.1 cm³/mol. The molecule has 0 aromatic heterocycles. The van der Waals surface area contributed by atoms with Gasteiger partial charge in [0.2, 0.25) is 0 Å². The predicted octanol–water partition coefficient (Wildman–Crippen LogP) is 1.64. The largest absolute Gasteiger partial charge is 0.397 e. The highest BCUT2D eigenvalue weighted by Gasteiger charge is 1.97. The second kappa shape index (κ2) is 4.97. The molecule has 4 N–H and O–H groups in total. The van der Waals surface area contributed by atoms with E-state index >= 15 is 0 Å². The highest BCUT2D eigenvalue weighted by Crippen LogP contribution is 2.22. The number of anilines is 3. The zero-order valence-electron chi connectivity index (χ0n) is 8.17. The van der Waals surface area contributed by atoms with Gasteiger partial charge >= 0.3 is 0 Å². The molecule has 1 rings (SSSR count). The zero-order chi connectivity index (χ0) is 10.4. The van der Waals surface area contributed by atoms with Gasteiger partial charge in [-0.1, -0.05) is 0 Å². The summed E-state index contributed by atoms with van der Waals surface area (Å²) in [5.41, 5.74) is 8.30. The van der Waals surface area contributed by atoms with E-state index in [1.807, 2.05) is 25.2 Å². The third kappa shape index (κ3) is 2.56. The molecule has 0 aliphatic carbocycles. The Morgan fingerprint density at radius 2 is 2.29 bits per heavy atom. The Labute approximate surface area is 83.7 Å². The van der Waals surface area contributed by atoms with Crippen LogP contribution < -0.4 is 16.4 Å². The molecule has 0 saturated carbocycles. The minimum atomic E-state index is 0.499. The van der Waals surface area contributed by atoms with Gasteiger partial charge in [-0.05, 0) is 18.2 Å². The first kappa shape index (κ1) is 10.2. The minimum Gasteiger partial charge on any atom is -0.397 e. The lowest BCUT2D eigenvalue weighted by Gasteiger charge is -2.08. The van der Waals surface area contributed by atoms with Crippen LogP contribution in [-0.4, -0.2) is 13.6 Å². The Bertz CT molecular complexity index is 340. The molecule has 4 heteroatoms. The summed E-state index contributed by atoms with van der Waals surface area (Å²) >= 11 is 0. The Morgan fingerprint density at radius 3 is 2.93 bits per heavy atom. The van der Waals surface area contributed by atoms with Gasteiger partial charge in [0.05, 0.1) is 23.9 Å². The number of rotatable bonds is 4. The highest BCUT2D eigenvalue weighted by molar-refractivity contribution is 5.71. The van der Waals surface area contributed by atoms with Gasteiger partial charge < -0.3 is 16.4 Å². The van der Waals surface area contributed by atoms with E-state index in [1.165, 1.54) is 0 Å². The van der Waals surface area contributed by atoms with Crippen molar-refractivity contribution in [3.8, 4) is 6.07 Å². The Kier molecular flexibility index (Phi) is 3.62. The lowest BCUT2D eigenvalue weighted by molar-refractivity contribution is 1.08. The summed E-state index contributed by atoms with van der Waals surface area (Å²) in [5.74, 6) is 0. The van der Waals surface area contributed by atoms with Crippen molar-refractivity contribution in [3.05, 3.63) is 18.2 Å². The molecule has 0 amide bonds. The number of nitrogens with two attached hydrogens (primary N) is 1. The van der Waals surface area contributed by atoms with Crippen molar-refractivity contribution in [1.29, 1.82) is 5.26 Å². The maximum atomic E-state index is 8.37. The lowest BCUT2D eigenvalue weighted by Crippen LogP contribution is -2.02. The summed E-state index contributed by atoms with van der Waals surface area (Å²) < 4.78 is 0. The fourth-order valence-electron chi connectivity index (χ4n) is 1.15. The molecule has 0 aliphatic rings. The number of hydrogen-bond acceptors (Lipinski definition) is 4. The third-order valence-corrected chi connectivity index (χ3v) is 1.89. The summed E-state index contributed by atoms with van der Waals surface area (Å²) in [6.45, 7) is 0.656. The van der Waals surface area contributed by atoms with Crippen LogP contribution in [0.4, 0.5) is 17.1 Å². The van der Waals surface area contributed by atoms with Crippen molar-refractivity contribution in [2.75, 3.05) is 30.0 Å². The zero-order valence-corrected chi connectivity index (χ0v) is 8.17. The number of benzene rings is 1. The van der Waals surface area contributed by atoms with Crippen LogP contribution in [0.1, 0.15) is 6.42 Å². The Hall–Kier alpha value is -1.89. The average Bonchev–Trinajstić information content (AvgIpc) is 2.21. The van der Waals surface area contributed by atoms with Gasteiger partial charge in [0.25, 0.3) is 0 Å². The smallest absolute Gasteiger partial charge is 0.0640 e. The van der Waals surface area contributed by atoms with Crippen LogP contribution in [0.2, 0.25) is 0 Å². The second-order valence-electron chi connectivity index (χ2n) is 2.89. The number of nitriles is 1. The molecule has 0 saturated heterocycles. The average molecular weight is 190 g/mol. The van der Waals surface area contributed by atoms with E-state index in [0.29, 0.717) is 13.0 Å². The van der Waals surface area contributed by atoms with Crippen LogP contribution >= 0.6 is 0 Å². The summed E-state index contributed by atoms with van der Waals surface area (Å²) in [6, 6.07) is 7.73. The number of nitrogens with zero attached hydrogens (tertiary/aromatic N) is 1. The fraction of sp³-hybridized carbons (Fsp3) is 0.300. The van der Waals surface area contributed by atoms with Crippen molar-refractivity contribution >= 4 is 17.1 Å². The molecule has 0 spiro atoms. The van der Waals surface area contributed by atoms with E-state index in [-0.39, 0.29) is 0 Å². The molecular weight excluding hydrogens is 176 g/mol. The normalized spacial score (nSPS) is 9.14.